The number of piperidine rings is 1. The fourth-order valence-corrected chi connectivity index (χ4v) is 2.91. The summed E-state index contributed by atoms with van der Waals surface area (Å²) in [6.07, 6.45) is 5.21. The Balaban J connectivity index is 2.13. The van der Waals surface area contributed by atoms with Gasteiger partial charge in [-0.1, -0.05) is 19.9 Å². The Morgan fingerprint density at radius 1 is 1.32 bits per heavy atom. The minimum atomic E-state index is 0.681. The van der Waals surface area contributed by atoms with Crippen LogP contribution < -0.4 is 10.2 Å². The van der Waals surface area contributed by atoms with Gasteiger partial charge in [0.2, 0.25) is 0 Å². The third-order valence-electron chi connectivity index (χ3n) is 4.14. The largest absolute Gasteiger partial charge is 0.354 e. The van der Waals surface area contributed by atoms with Crippen molar-refractivity contribution in [2.24, 2.45) is 0 Å². The zero-order chi connectivity index (χ0) is 13.7. The molecule has 1 N–H and O–H groups in total. The summed E-state index contributed by atoms with van der Waals surface area (Å²) in [6.45, 7) is 9.64. The standard InChI is InChI=1S/C16H27N3/c1-4-15-8-6-7-11-19(15)16-10-9-14(12-17-5-2)13(3)18-16/h9-10,15,17H,4-8,11-12H2,1-3H3. The van der Waals surface area contributed by atoms with Crippen LogP contribution in [0.3, 0.4) is 0 Å². The fraction of sp³-hybridized carbons (Fsp3) is 0.688. The second-order valence-corrected chi connectivity index (χ2v) is 5.45. The maximum absolute atomic E-state index is 4.83. The first-order chi connectivity index (χ1) is 9.26. The molecule has 1 aliphatic heterocycles. The lowest BCUT2D eigenvalue weighted by molar-refractivity contribution is 0.446. The van der Waals surface area contributed by atoms with Crippen molar-refractivity contribution in [3.8, 4) is 0 Å². The summed E-state index contributed by atoms with van der Waals surface area (Å²) < 4.78 is 0. The van der Waals surface area contributed by atoms with Crippen molar-refractivity contribution in [3.63, 3.8) is 0 Å². The van der Waals surface area contributed by atoms with Crippen molar-refractivity contribution in [2.45, 2.75) is 59.0 Å². The van der Waals surface area contributed by atoms with Crippen molar-refractivity contribution in [2.75, 3.05) is 18.0 Å². The molecule has 0 amide bonds. The van der Waals surface area contributed by atoms with Crippen molar-refractivity contribution in [3.05, 3.63) is 23.4 Å². The van der Waals surface area contributed by atoms with Gasteiger partial charge in [0.05, 0.1) is 0 Å². The summed E-state index contributed by atoms with van der Waals surface area (Å²) in [5.41, 5.74) is 2.48. The Labute approximate surface area is 117 Å². The van der Waals surface area contributed by atoms with E-state index in [1.54, 1.807) is 0 Å². The van der Waals surface area contributed by atoms with E-state index in [-0.39, 0.29) is 0 Å². The second kappa shape index (κ2) is 6.90. The predicted octanol–water partition coefficient (Wildman–Crippen LogP) is 3.27. The molecular formula is C16H27N3. The quantitative estimate of drug-likeness (QED) is 0.881. The molecule has 0 bridgehead atoms. The first-order valence-corrected chi connectivity index (χ1v) is 7.70. The van der Waals surface area contributed by atoms with Crippen LogP contribution in [0.15, 0.2) is 12.1 Å². The molecule has 1 saturated heterocycles. The zero-order valence-corrected chi connectivity index (χ0v) is 12.6. The molecule has 106 valence electrons. The van der Waals surface area contributed by atoms with E-state index in [2.05, 4.69) is 43.1 Å². The van der Waals surface area contributed by atoms with Crippen LogP contribution in [0.25, 0.3) is 0 Å². The molecule has 0 aromatic carbocycles. The lowest BCUT2D eigenvalue weighted by atomic mass is 10.00. The number of pyridine rings is 1. The van der Waals surface area contributed by atoms with Gasteiger partial charge in [-0.15, -0.1) is 0 Å². The number of aryl methyl sites for hydroxylation is 1. The molecule has 1 aromatic heterocycles. The first-order valence-electron chi connectivity index (χ1n) is 7.70. The number of nitrogens with zero attached hydrogens (tertiary/aromatic N) is 2. The van der Waals surface area contributed by atoms with Crippen LogP contribution in [-0.4, -0.2) is 24.1 Å². The van der Waals surface area contributed by atoms with Crippen LogP contribution in [0.4, 0.5) is 5.82 Å². The predicted molar refractivity (Wildman–Crippen MR) is 81.6 cm³/mol. The van der Waals surface area contributed by atoms with E-state index in [0.29, 0.717) is 6.04 Å². The Morgan fingerprint density at radius 2 is 2.16 bits per heavy atom. The summed E-state index contributed by atoms with van der Waals surface area (Å²) in [5.74, 6) is 1.17. The molecule has 0 saturated carbocycles. The molecule has 1 aromatic rings. The maximum atomic E-state index is 4.83. The van der Waals surface area contributed by atoms with Gasteiger partial charge >= 0.3 is 0 Å². The molecule has 3 nitrogen and oxygen atoms in total. The van der Waals surface area contributed by atoms with Crippen LogP contribution in [0.1, 0.15) is 50.8 Å². The highest BCUT2D eigenvalue weighted by molar-refractivity contribution is 5.43. The normalized spacial score (nSPS) is 19.7. The van der Waals surface area contributed by atoms with Crippen molar-refractivity contribution >= 4 is 5.82 Å². The Morgan fingerprint density at radius 3 is 2.84 bits per heavy atom. The molecule has 1 fully saturated rings. The molecule has 19 heavy (non-hydrogen) atoms. The average molecular weight is 261 g/mol. The Kier molecular flexibility index (Phi) is 5.20. The number of anilines is 1. The minimum Gasteiger partial charge on any atom is -0.354 e. The van der Waals surface area contributed by atoms with Gasteiger partial charge in [0.25, 0.3) is 0 Å². The maximum Gasteiger partial charge on any atom is 0.129 e. The minimum absolute atomic E-state index is 0.681. The first kappa shape index (κ1) is 14.3. The average Bonchev–Trinajstić information content (AvgIpc) is 2.46. The summed E-state index contributed by atoms with van der Waals surface area (Å²) in [5, 5.41) is 3.37. The van der Waals surface area contributed by atoms with Crippen molar-refractivity contribution in [1.29, 1.82) is 0 Å². The Hall–Kier alpha value is -1.09. The van der Waals surface area contributed by atoms with E-state index in [0.717, 1.165) is 19.6 Å². The molecule has 1 atom stereocenters. The molecule has 2 heterocycles. The van der Waals surface area contributed by atoms with Crippen molar-refractivity contribution in [1.82, 2.24) is 10.3 Å². The highest BCUT2D eigenvalue weighted by atomic mass is 15.2. The van der Waals surface area contributed by atoms with E-state index in [1.807, 2.05) is 0 Å². The third-order valence-corrected chi connectivity index (χ3v) is 4.14. The van der Waals surface area contributed by atoms with Crippen LogP contribution in [-0.2, 0) is 6.54 Å². The van der Waals surface area contributed by atoms with Gasteiger partial charge < -0.3 is 10.2 Å². The summed E-state index contributed by atoms with van der Waals surface area (Å²) in [6, 6.07) is 5.12. The fourth-order valence-electron chi connectivity index (χ4n) is 2.91. The van der Waals surface area contributed by atoms with Gasteiger partial charge in [-0.05, 0) is 50.8 Å². The Bertz CT molecular complexity index is 403. The molecule has 0 radical (unpaired) electrons. The van der Waals surface area contributed by atoms with Crippen LogP contribution in [0.5, 0.6) is 0 Å². The molecule has 0 aliphatic carbocycles. The van der Waals surface area contributed by atoms with Crippen LogP contribution >= 0.6 is 0 Å². The molecular weight excluding hydrogens is 234 g/mol. The van der Waals surface area contributed by atoms with Gasteiger partial charge in [-0.3, -0.25) is 0 Å². The highest BCUT2D eigenvalue weighted by Crippen LogP contribution is 2.25. The topological polar surface area (TPSA) is 28.2 Å². The molecule has 0 spiro atoms. The van der Waals surface area contributed by atoms with E-state index in [1.165, 1.54) is 42.8 Å². The second-order valence-electron chi connectivity index (χ2n) is 5.45. The van der Waals surface area contributed by atoms with E-state index >= 15 is 0 Å². The van der Waals surface area contributed by atoms with Gasteiger partial charge in [0, 0.05) is 24.8 Å². The molecule has 1 unspecified atom stereocenters. The number of hydrogen-bond acceptors (Lipinski definition) is 3. The smallest absolute Gasteiger partial charge is 0.129 e. The monoisotopic (exact) mass is 261 g/mol. The van der Waals surface area contributed by atoms with Gasteiger partial charge in [-0.2, -0.15) is 0 Å². The zero-order valence-electron chi connectivity index (χ0n) is 12.6. The summed E-state index contributed by atoms with van der Waals surface area (Å²) in [7, 11) is 0. The van der Waals surface area contributed by atoms with Gasteiger partial charge in [-0.25, -0.2) is 4.98 Å². The van der Waals surface area contributed by atoms with Gasteiger partial charge in [0.15, 0.2) is 0 Å². The lowest BCUT2D eigenvalue weighted by Crippen LogP contribution is -2.39. The van der Waals surface area contributed by atoms with E-state index in [9.17, 15) is 0 Å². The lowest BCUT2D eigenvalue weighted by Gasteiger charge is -2.36. The van der Waals surface area contributed by atoms with E-state index < -0.39 is 0 Å². The molecule has 1 aliphatic rings. The van der Waals surface area contributed by atoms with Crippen LogP contribution in [0, 0.1) is 6.92 Å². The number of nitrogens with one attached hydrogen (secondary N) is 1. The highest BCUT2D eigenvalue weighted by Gasteiger charge is 2.22. The van der Waals surface area contributed by atoms with Crippen LogP contribution in [0.2, 0.25) is 0 Å². The van der Waals surface area contributed by atoms with Crippen molar-refractivity contribution < 1.29 is 0 Å². The van der Waals surface area contributed by atoms with Gasteiger partial charge in [0.1, 0.15) is 5.82 Å². The summed E-state index contributed by atoms with van der Waals surface area (Å²) >= 11 is 0. The molecule has 3 heteroatoms. The number of hydrogen-bond donors (Lipinski definition) is 1. The number of rotatable bonds is 5. The third kappa shape index (κ3) is 3.47. The van der Waals surface area contributed by atoms with E-state index in [4.69, 9.17) is 4.98 Å². The summed E-state index contributed by atoms with van der Waals surface area (Å²) in [4.78, 5) is 7.34. The molecule has 2 rings (SSSR count). The number of aromatic nitrogens is 1. The SMILES string of the molecule is CCNCc1ccc(N2CCCCC2CC)nc1C.